The Hall–Kier alpha value is -3.39. The zero-order valence-corrected chi connectivity index (χ0v) is 21.4. The van der Waals surface area contributed by atoms with E-state index in [9.17, 15) is 4.79 Å². The molecule has 0 saturated carbocycles. The number of fused-ring (bicyclic) bond motifs is 3. The second-order valence-corrected chi connectivity index (χ2v) is 9.14. The number of Topliss-reactive ketones (excluding diaryl/α,β-unsaturated/α-hetero) is 1. The summed E-state index contributed by atoms with van der Waals surface area (Å²) in [6, 6.07) is 12.6. The monoisotopic (exact) mass is 527 g/mol. The molecule has 0 saturated heterocycles. The van der Waals surface area contributed by atoms with Gasteiger partial charge in [-0.25, -0.2) is 0 Å². The average Bonchev–Trinajstić information content (AvgIpc) is 3.21. The fourth-order valence-corrected chi connectivity index (χ4v) is 4.66. The third kappa shape index (κ3) is 4.46. The molecule has 0 unspecified atom stereocenters. The largest absolute Gasteiger partial charge is 0.493 e. The molecule has 2 aliphatic rings. The van der Waals surface area contributed by atoms with Gasteiger partial charge in [-0.2, -0.15) is 0 Å². The van der Waals surface area contributed by atoms with Crippen LogP contribution in [0.5, 0.6) is 28.7 Å². The van der Waals surface area contributed by atoms with Crippen LogP contribution in [0.4, 0.5) is 0 Å². The van der Waals surface area contributed by atoms with E-state index < -0.39 is 0 Å². The standard InChI is InChI=1S/C27H23Cl2NO6/c1-32-23-10-16(11-24(33-2)27(23)34-3)9-22-25(31)17-5-7-21-18(26(17)36-22)13-30(14-35-21)12-15-4-6-19(28)20(29)8-15/h4-11H,12-14H2,1-3H3/b22-9-. The fraction of sp³-hybridized carbons (Fsp3) is 0.222. The zero-order chi connectivity index (χ0) is 25.4. The lowest BCUT2D eigenvalue weighted by atomic mass is 10.0. The minimum atomic E-state index is -0.205. The van der Waals surface area contributed by atoms with E-state index in [4.69, 9.17) is 46.9 Å². The van der Waals surface area contributed by atoms with Gasteiger partial charge in [-0.05, 0) is 53.6 Å². The van der Waals surface area contributed by atoms with E-state index in [0.29, 0.717) is 69.7 Å². The molecule has 5 rings (SSSR count). The molecular weight excluding hydrogens is 505 g/mol. The summed E-state index contributed by atoms with van der Waals surface area (Å²) in [5.74, 6) is 2.64. The van der Waals surface area contributed by atoms with Crippen molar-refractivity contribution in [1.82, 2.24) is 4.90 Å². The Kier molecular flexibility index (Phi) is 6.71. The van der Waals surface area contributed by atoms with Crippen molar-refractivity contribution in [2.45, 2.75) is 13.1 Å². The smallest absolute Gasteiger partial charge is 0.231 e. The van der Waals surface area contributed by atoms with Gasteiger partial charge in [-0.1, -0.05) is 29.3 Å². The Morgan fingerprint density at radius 1 is 0.972 bits per heavy atom. The van der Waals surface area contributed by atoms with Gasteiger partial charge in [-0.3, -0.25) is 9.69 Å². The van der Waals surface area contributed by atoms with E-state index >= 15 is 0 Å². The summed E-state index contributed by atoms with van der Waals surface area (Å²) < 4.78 is 28.3. The number of ether oxygens (including phenoxy) is 5. The van der Waals surface area contributed by atoms with Crippen LogP contribution in [0.1, 0.15) is 27.0 Å². The molecular formula is C27H23Cl2NO6. The minimum absolute atomic E-state index is 0.203. The lowest BCUT2D eigenvalue weighted by Gasteiger charge is -2.29. The van der Waals surface area contributed by atoms with Crippen LogP contribution >= 0.6 is 23.2 Å². The number of benzene rings is 3. The molecule has 3 aromatic carbocycles. The summed E-state index contributed by atoms with van der Waals surface area (Å²) in [7, 11) is 4.61. The first-order valence-corrected chi connectivity index (χ1v) is 11.9. The van der Waals surface area contributed by atoms with Gasteiger partial charge in [0.15, 0.2) is 17.3 Å². The second-order valence-electron chi connectivity index (χ2n) is 8.33. The number of halogens is 2. The molecule has 0 fully saturated rings. The van der Waals surface area contributed by atoms with E-state index in [0.717, 1.165) is 11.1 Å². The van der Waals surface area contributed by atoms with Crippen LogP contribution in [0.25, 0.3) is 6.08 Å². The maximum absolute atomic E-state index is 13.2. The summed E-state index contributed by atoms with van der Waals surface area (Å²) in [6.45, 7) is 1.54. The summed E-state index contributed by atoms with van der Waals surface area (Å²) in [6.07, 6.45) is 1.66. The first kappa shape index (κ1) is 24.3. The van der Waals surface area contributed by atoms with E-state index in [1.165, 1.54) is 21.3 Å². The summed E-state index contributed by atoms with van der Waals surface area (Å²) in [5.41, 5.74) is 2.99. The zero-order valence-electron chi connectivity index (χ0n) is 19.9. The minimum Gasteiger partial charge on any atom is -0.493 e. The van der Waals surface area contributed by atoms with Gasteiger partial charge in [0.05, 0.1) is 42.5 Å². The average molecular weight is 528 g/mol. The van der Waals surface area contributed by atoms with E-state index in [-0.39, 0.29) is 11.5 Å². The fourth-order valence-electron chi connectivity index (χ4n) is 4.34. The van der Waals surface area contributed by atoms with Crippen LogP contribution in [0.3, 0.4) is 0 Å². The number of allylic oxidation sites excluding steroid dienone is 1. The molecule has 0 aliphatic carbocycles. The molecule has 186 valence electrons. The van der Waals surface area contributed by atoms with Gasteiger partial charge in [0, 0.05) is 13.1 Å². The van der Waals surface area contributed by atoms with E-state index in [1.807, 2.05) is 18.2 Å². The van der Waals surface area contributed by atoms with Crippen molar-refractivity contribution in [3.8, 4) is 28.7 Å². The highest BCUT2D eigenvalue weighted by Crippen LogP contribution is 2.43. The van der Waals surface area contributed by atoms with Crippen LogP contribution in [0.2, 0.25) is 10.0 Å². The Morgan fingerprint density at radius 2 is 1.72 bits per heavy atom. The highest BCUT2D eigenvalue weighted by Gasteiger charge is 2.33. The van der Waals surface area contributed by atoms with E-state index in [2.05, 4.69) is 4.90 Å². The first-order valence-electron chi connectivity index (χ1n) is 11.1. The van der Waals surface area contributed by atoms with Crippen molar-refractivity contribution in [1.29, 1.82) is 0 Å². The maximum Gasteiger partial charge on any atom is 0.231 e. The molecule has 0 bridgehead atoms. The normalized spacial score (nSPS) is 15.7. The van der Waals surface area contributed by atoms with Crippen LogP contribution in [-0.4, -0.2) is 38.7 Å². The van der Waals surface area contributed by atoms with Gasteiger partial charge in [0.1, 0.15) is 18.2 Å². The van der Waals surface area contributed by atoms with E-state index in [1.54, 1.807) is 30.3 Å². The molecule has 36 heavy (non-hydrogen) atoms. The number of nitrogens with zero attached hydrogens (tertiary/aromatic N) is 1. The lowest BCUT2D eigenvalue weighted by molar-refractivity contribution is 0.0873. The van der Waals surface area contributed by atoms with Gasteiger partial charge in [0.25, 0.3) is 0 Å². The molecule has 7 nitrogen and oxygen atoms in total. The molecule has 0 radical (unpaired) electrons. The molecule has 9 heteroatoms. The second kappa shape index (κ2) is 9.93. The van der Waals surface area contributed by atoms with Gasteiger partial charge in [-0.15, -0.1) is 0 Å². The van der Waals surface area contributed by atoms with Gasteiger partial charge in [0.2, 0.25) is 11.5 Å². The molecule has 0 amide bonds. The Labute approximate surface area is 218 Å². The van der Waals surface area contributed by atoms with Crippen molar-refractivity contribution < 1.29 is 28.5 Å². The molecule has 0 spiro atoms. The van der Waals surface area contributed by atoms with Crippen molar-refractivity contribution >= 4 is 35.1 Å². The Morgan fingerprint density at radius 3 is 2.39 bits per heavy atom. The number of hydrogen-bond acceptors (Lipinski definition) is 7. The molecule has 2 heterocycles. The summed E-state index contributed by atoms with van der Waals surface area (Å²) in [5, 5.41) is 1.01. The van der Waals surface area contributed by atoms with Gasteiger partial charge >= 0.3 is 0 Å². The SMILES string of the molecule is COc1cc(/C=C2\Oc3c(ccc4c3CN(Cc3ccc(Cl)c(Cl)c3)CO4)C2=O)cc(OC)c1OC. The third-order valence-electron chi connectivity index (χ3n) is 6.06. The number of carbonyl (C=O) groups is 1. The van der Waals surface area contributed by atoms with Crippen molar-refractivity contribution in [2.75, 3.05) is 28.1 Å². The van der Waals surface area contributed by atoms with Crippen molar-refractivity contribution in [3.05, 3.63) is 80.5 Å². The molecule has 3 aromatic rings. The lowest BCUT2D eigenvalue weighted by Crippen LogP contribution is -2.31. The number of hydrogen-bond donors (Lipinski definition) is 0. The molecule has 0 aromatic heterocycles. The van der Waals surface area contributed by atoms with Gasteiger partial charge < -0.3 is 23.7 Å². The van der Waals surface area contributed by atoms with Crippen molar-refractivity contribution in [2.24, 2.45) is 0 Å². The number of methoxy groups -OCH3 is 3. The van der Waals surface area contributed by atoms with Crippen LogP contribution in [0.15, 0.2) is 48.2 Å². The maximum atomic E-state index is 13.2. The highest BCUT2D eigenvalue weighted by molar-refractivity contribution is 6.42. The van der Waals surface area contributed by atoms with Crippen LogP contribution < -0.4 is 23.7 Å². The quantitative estimate of drug-likeness (QED) is 0.365. The highest BCUT2D eigenvalue weighted by atomic mass is 35.5. The summed E-state index contributed by atoms with van der Waals surface area (Å²) in [4.78, 5) is 15.3. The number of carbonyl (C=O) groups excluding carboxylic acids is 1. The number of rotatable bonds is 6. The summed E-state index contributed by atoms with van der Waals surface area (Å²) >= 11 is 12.2. The topological polar surface area (TPSA) is 66.5 Å². The van der Waals surface area contributed by atoms with Crippen LogP contribution in [0, 0.1) is 0 Å². The predicted octanol–water partition coefficient (Wildman–Crippen LogP) is 5.99. The Balaban J connectivity index is 1.43. The predicted molar refractivity (Wildman–Crippen MR) is 137 cm³/mol. The third-order valence-corrected chi connectivity index (χ3v) is 6.80. The number of ketones is 1. The molecule has 2 aliphatic heterocycles. The van der Waals surface area contributed by atoms with Crippen molar-refractivity contribution in [3.63, 3.8) is 0 Å². The first-order chi connectivity index (χ1) is 17.4. The molecule has 0 atom stereocenters. The van der Waals surface area contributed by atoms with Crippen LogP contribution in [-0.2, 0) is 13.1 Å². The molecule has 0 N–H and O–H groups in total. The Bertz CT molecular complexity index is 1360.